The molecule has 0 spiro atoms. The molecule has 0 radical (unpaired) electrons. The lowest BCUT2D eigenvalue weighted by Gasteiger charge is -2.05. The number of hydrogen-bond donors (Lipinski definition) is 4. The molecule has 38 heavy (non-hydrogen) atoms. The van der Waals surface area contributed by atoms with Crippen LogP contribution >= 0.6 is 0 Å². The SMILES string of the molecule is CC(O)C(=O)O.Cc1[nH]c(=O)c(C#N)cc1-c1ccncc1.Cc1[nH]c(=O)c(C#N)cc1-c1ccncc1. The van der Waals surface area contributed by atoms with Gasteiger partial charge in [0.1, 0.15) is 29.4 Å². The molecular weight excluding hydrogens is 488 g/mol. The second-order valence-corrected chi connectivity index (χ2v) is 7.81. The molecule has 0 fully saturated rings. The van der Waals surface area contributed by atoms with Gasteiger partial charge in [-0.05, 0) is 68.3 Å². The summed E-state index contributed by atoms with van der Waals surface area (Å²) in [6.45, 7) is 4.80. The maximum atomic E-state index is 11.4. The molecular formula is C27H24N6O5. The number of aryl methyl sites for hydroxylation is 2. The summed E-state index contributed by atoms with van der Waals surface area (Å²) in [5.74, 6) is -1.19. The summed E-state index contributed by atoms with van der Waals surface area (Å²) in [5, 5.41) is 33.4. The molecule has 0 bridgehead atoms. The number of H-pyrrole nitrogens is 2. The third kappa shape index (κ3) is 7.81. The van der Waals surface area contributed by atoms with Gasteiger partial charge in [-0.3, -0.25) is 19.6 Å². The summed E-state index contributed by atoms with van der Waals surface area (Å²) >= 11 is 0. The maximum absolute atomic E-state index is 11.4. The van der Waals surface area contributed by atoms with E-state index in [1.165, 1.54) is 6.92 Å². The van der Waals surface area contributed by atoms with E-state index in [2.05, 4.69) is 19.9 Å². The lowest BCUT2D eigenvalue weighted by atomic mass is 10.0. The van der Waals surface area contributed by atoms with Crippen molar-refractivity contribution in [2.24, 2.45) is 0 Å². The minimum Gasteiger partial charge on any atom is -0.479 e. The number of aliphatic hydroxyl groups is 1. The first-order valence-electron chi connectivity index (χ1n) is 11.1. The topological polar surface area (TPSA) is 197 Å². The van der Waals surface area contributed by atoms with Crippen LogP contribution in [0.2, 0.25) is 0 Å². The number of pyridine rings is 4. The molecule has 0 saturated heterocycles. The summed E-state index contributed by atoms with van der Waals surface area (Å²) in [4.78, 5) is 45.3. The minimum absolute atomic E-state index is 0.123. The van der Waals surface area contributed by atoms with Crippen LogP contribution in [0.5, 0.6) is 0 Å². The number of aliphatic hydroxyl groups excluding tert-OH is 1. The number of rotatable bonds is 3. The first-order chi connectivity index (χ1) is 18.1. The first-order valence-corrected chi connectivity index (χ1v) is 11.1. The monoisotopic (exact) mass is 512 g/mol. The van der Waals surface area contributed by atoms with Crippen LogP contribution in [0.25, 0.3) is 22.3 Å². The molecule has 4 aromatic rings. The van der Waals surface area contributed by atoms with Crippen molar-refractivity contribution in [3.05, 3.63) is 104 Å². The van der Waals surface area contributed by atoms with Gasteiger partial charge in [0, 0.05) is 47.3 Å². The summed E-state index contributed by atoms with van der Waals surface area (Å²) in [6.07, 6.45) is 5.46. The number of carboxylic acid groups (broad SMARTS) is 1. The number of hydrogen-bond acceptors (Lipinski definition) is 8. The zero-order chi connectivity index (χ0) is 28.2. The molecule has 0 aliphatic rings. The van der Waals surface area contributed by atoms with Gasteiger partial charge in [-0.15, -0.1) is 0 Å². The molecule has 0 aliphatic heterocycles. The number of aromatic nitrogens is 4. The molecule has 192 valence electrons. The van der Waals surface area contributed by atoms with E-state index in [1.54, 1.807) is 50.8 Å². The second-order valence-electron chi connectivity index (χ2n) is 7.81. The normalized spacial score (nSPS) is 10.4. The predicted octanol–water partition coefficient (Wildman–Crippen LogP) is 2.69. The van der Waals surface area contributed by atoms with Crippen LogP contribution in [-0.4, -0.2) is 42.2 Å². The van der Waals surface area contributed by atoms with E-state index >= 15 is 0 Å². The van der Waals surface area contributed by atoms with Crippen LogP contribution in [0.3, 0.4) is 0 Å². The van der Waals surface area contributed by atoms with Gasteiger partial charge in [-0.25, -0.2) is 4.79 Å². The average molecular weight is 513 g/mol. The first kappa shape index (κ1) is 28.8. The summed E-state index contributed by atoms with van der Waals surface area (Å²) in [7, 11) is 0. The number of nitrogens with zero attached hydrogens (tertiary/aromatic N) is 4. The minimum atomic E-state index is -1.23. The van der Waals surface area contributed by atoms with Gasteiger partial charge < -0.3 is 20.2 Å². The molecule has 4 heterocycles. The Hall–Kier alpha value is -5.39. The van der Waals surface area contributed by atoms with Gasteiger partial charge in [-0.1, -0.05) is 0 Å². The van der Waals surface area contributed by atoms with E-state index < -0.39 is 12.1 Å². The Morgan fingerprint density at radius 3 is 1.39 bits per heavy atom. The van der Waals surface area contributed by atoms with E-state index in [-0.39, 0.29) is 22.2 Å². The van der Waals surface area contributed by atoms with Crippen LogP contribution < -0.4 is 11.1 Å². The maximum Gasteiger partial charge on any atom is 0.332 e. The molecule has 11 heteroatoms. The van der Waals surface area contributed by atoms with Crippen LogP contribution in [0.4, 0.5) is 0 Å². The van der Waals surface area contributed by atoms with Gasteiger partial charge in [0.25, 0.3) is 11.1 Å². The Labute approximate surface area is 217 Å². The molecule has 4 rings (SSSR count). The third-order valence-electron chi connectivity index (χ3n) is 5.06. The van der Waals surface area contributed by atoms with E-state index in [1.807, 2.05) is 36.4 Å². The lowest BCUT2D eigenvalue weighted by Crippen LogP contribution is -2.13. The second kappa shape index (κ2) is 13.6. The zero-order valence-corrected chi connectivity index (χ0v) is 20.8. The van der Waals surface area contributed by atoms with Crippen molar-refractivity contribution in [3.63, 3.8) is 0 Å². The van der Waals surface area contributed by atoms with Crippen molar-refractivity contribution in [1.29, 1.82) is 10.5 Å². The summed E-state index contributed by atoms with van der Waals surface area (Å²) < 4.78 is 0. The number of aliphatic carboxylic acids is 1. The quantitative estimate of drug-likeness (QED) is 0.319. The molecule has 0 aromatic carbocycles. The zero-order valence-electron chi connectivity index (χ0n) is 20.8. The molecule has 4 aromatic heterocycles. The number of nitrogens with one attached hydrogen (secondary N) is 2. The van der Waals surface area contributed by atoms with Crippen LogP contribution in [0.15, 0.2) is 70.8 Å². The van der Waals surface area contributed by atoms with Crippen molar-refractivity contribution in [2.75, 3.05) is 0 Å². The highest BCUT2D eigenvalue weighted by Gasteiger charge is 2.08. The number of carboxylic acids is 1. The van der Waals surface area contributed by atoms with E-state index in [4.69, 9.17) is 20.7 Å². The summed E-state index contributed by atoms with van der Waals surface area (Å²) in [5.41, 5.74) is 4.59. The van der Waals surface area contributed by atoms with Crippen LogP contribution in [-0.2, 0) is 4.79 Å². The fourth-order valence-corrected chi connectivity index (χ4v) is 3.07. The lowest BCUT2D eigenvalue weighted by molar-refractivity contribution is -0.145. The molecule has 11 nitrogen and oxygen atoms in total. The van der Waals surface area contributed by atoms with Crippen LogP contribution in [0, 0.1) is 36.5 Å². The third-order valence-corrected chi connectivity index (χ3v) is 5.06. The largest absolute Gasteiger partial charge is 0.479 e. The molecule has 0 saturated carbocycles. The standard InChI is InChI=1S/2C12H9N3O.C3H6O3/c2*1-8-11(9-2-4-14-5-3-9)6-10(7-13)12(16)15-8;1-2(4)3(5)6/h2*2-6H,1H3,(H,15,16);2,4H,1H3,(H,5,6). The van der Waals surface area contributed by atoms with Crippen molar-refractivity contribution in [3.8, 4) is 34.4 Å². The number of nitriles is 2. The van der Waals surface area contributed by atoms with E-state index in [9.17, 15) is 14.4 Å². The highest BCUT2D eigenvalue weighted by atomic mass is 16.4. The van der Waals surface area contributed by atoms with Gasteiger partial charge >= 0.3 is 5.97 Å². The smallest absolute Gasteiger partial charge is 0.332 e. The van der Waals surface area contributed by atoms with Crippen molar-refractivity contribution in [1.82, 2.24) is 19.9 Å². The summed E-state index contributed by atoms with van der Waals surface area (Å²) in [6, 6.07) is 14.3. The molecule has 4 N–H and O–H groups in total. The Morgan fingerprint density at radius 2 is 1.13 bits per heavy atom. The van der Waals surface area contributed by atoms with Crippen molar-refractivity contribution in [2.45, 2.75) is 26.9 Å². The average Bonchev–Trinajstić information content (AvgIpc) is 2.90. The Kier molecular flexibility index (Phi) is 10.3. The molecule has 1 unspecified atom stereocenters. The number of carbonyl (C=O) groups is 1. The van der Waals surface area contributed by atoms with Gasteiger partial charge in [-0.2, -0.15) is 10.5 Å². The Bertz CT molecular complexity index is 1490. The van der Waals surface area contributed by atoms with E-state index in [0.29, 0.717) is 0 Å². The van der Waals surface area contributed by atoms with Gasteiger partial charge in [0.2, 0.25) is 0 Å². The molecule has 0 amide bonds. The number of aromatic amines is 2. The van der Waals surface area contributed by atoms with Crippen LogP contribution in [0.1, 0.15) is 29.4 Å². The highest BCUT2D eigenvalue weighted by Crippen LogP contribution is 2.21. The fourth-order valence-electron chi connectivity index (χ4n) is 3.07. The molecule has 1 atom stereocenters. The Balaban J connectivity index is 0.000000221. The predicted molar refractivity (Wildman–Crippen MR) is 139 cm³/mol. The van der Waals surface area contributed by atoms with Crippen molar-refractivity contribution < 1.29 is 15.0 Å². The van der Waals surface area contributed by atoms with E-state index in [0.717, 1.165) is 33.6 Å². The Morgan fingerprint density at radius 1 is 0.816 bits per heavy atom. The fraction of sp³-hybridized carbons (Fsp3) is 0.148. The molecule has 0 aliphatic carbocycles. The van der Waals surface area contributed by atoms with Gasteiger partial charge in [0.05, 0.1) is 0 Å². The highest BCUT2D eigenvalue weighted by molar-refractivity contribution is 5.71. The van der Waals surface area contributed by atoms with Crippen molar-refractivity contribution >= 4 is 5.97 Å². The van der Waals surface area contributed by atoms with Gasteiger partial charge in [0.15, 0.2) is 0 Å².